The second-order valence-corrected chi connectivity index (χ2v) is 9.43. The number of rotatable bonds is 8. The molecular weight excluding hydrogens is 552 g/mol. The summed E-state index contributed by atoms with van der Waals surface area (Å²) >= 11 is 0. The van der Waals surface area contributed by atoms with Crippen LogP contribution in [0.25, 0.3) is 6.08 Å². The van der Waals surface area contributed by atoms with Gasteiger partial charge in [-0.1, -0.05) is 12.1 Å². The molecule has 2 saturated heterocycles. The highest BCUT2D eigenvalue weighted by Gasteiger charge is 2.49. The van der Waals surface area contributed by atoms with E-state index in [2.05, 4.69) is 0 Å². The predicted molar refractivity (Wildman–Crippen MR) is 134 cm³/mol. The van der Waals surface area contributed by atoms with Gasteiger partial charge in [0.25, 0.3) is 0 Å². The Morgan fingerprint density at radius 3 is 2.27 bits per heavy atom. The molecule has 0 amide bonds. The Morgan fingerprint density at radius 1 is 0.878 bits per heavy atom. The highest BCUT2D eigenvalue weighted by molar-refractivity contribution is 6.09. The van der Waals surface area contributed by atoms with E-state index in [1.807, 2.05) is 0 Å². The Bertz CT molecular complexity index is 1260. The van der Waals surface area contributed by atoms with Crippen LogP contribution >= 0.6 is 0 Å². The van der Waals surface area contributed by atoms with Crippen LogP contribution in [0.5, 0.6) is 28.7 Å². The van der Waals surface area contributed by atoms with Gasteiger partial charge in [-0.3, -0.25) is 4.79 Å². The number of hydrogen-bond donors (Lipinski definition) is 10. The van der Waals surface area contributed by atoms with Gasteiger partial charge in [-0.05, 0) is 35.9 Å². The molecule has 0 radical (unpaired) electrons. The average Bonchev–Trinajstić information content (AvgIpc) is 2.95. The molecule has 4 rings (SSSR count). The molecule has 2 aliphatic rings. The fraction of sp³-hybridized carbons (Fsp3) is 0.423. The second kappa shape index (κ2) is 12.6. The number of allylic oxidation sites excluding steroid dienone is 1. The Hall–Kier alpha value is -3.51. The lowest BCUT2D eigenvalue weighted by atomic mass is 9.98. The van der Waals surface area contributed by atoms with Crippen LogP contribution < -0.4 is 4.74 Å². The summed E-state index contributed by atoms with van der Waals surface area (Å²) in [6.45, 7) is -1.18. The van der Waals surface area contributed by atoms with Crippen molar-refractivity contribution in [2.75, 3.05) is 13.2 Å². The summed E-state index contributed by atoms with van der Waals surface area (Å²) in [5.74, 6) is -3.73. The van der Waals surface area contributed by atoms with Gasteiger partial charge < -0.3 is 70.0 Å². The Kier molecular flexibility index (Phi) is 9.33. The molecular formula is C26H30O15. The number of phenolic OH excluding ortho intramolecular Hbond substituents is 4. The molecule has 0 aliphatic carbocycles. The molecule has 0 bridgehead atoms. The van der Waals surface area contributed by atoms with Crippen molar-refractivity contribution >= 4 is 11.9 Å². The number of ether oxygens (including phenoxy) is 4. The molecule has 224 valence electrons. The highest BCUT2D eigenvalue weighted by atomic mass is 16.7. The molecule has 9 unspecified atom stereocenters. The average molecular weight is 583 g/mol. The third-order valence-electron chi connectivity index (χ3n) is 6.62. The quantitative estimate of drug-likeness (QED) is 0.0921. The van der Waals surface area contributed by atoms with Gasteiger partial charge in [-0.25, -0.2) is 0 Å². The fourth-order valence-electron chi connectivity index (χ4n) is 4.26. The van der Waals surface area contributed by atoms with E-state index >= 15 is 0 Å². The highest BCUT2D eigenvalue weighted by Crippen LogP contribution is 2.40. The number of aliphatic hydroxyl groups excluding tert-OH is 6. The number of hydrogen-bond acceptors (Lipinski definition) is 15. The van der Waals surface area contributed by atoms with Gasteiger partial charge in [-0.2, -0.15) is 0 Å². The SMILES string of the molecule is O=C(C=Cc1ccc(O)c(O)c1)c1ccc(OC2OC(CO)C(OC3OCC(O)C(O)C3O)C(O)C2O)c(O)c1O. The lowest BCUT2D eigenvalue weighted by molar-refractivity contribution is -0.339. The molecule has 0 aromatic heterocycles. The normalized spacial score (nSPS) is 32.2. The fourth-order valence-corrected chi connectivity index (χ4v) is 4.26. The molecule has 2 aliphatic heterocycles. The van der Waals surface area contributed by atoms with Crippen LogP contribution in [0.3, 0.4) is 0 Å². The first-order chi connectivity index (χ1) is 19.4. The molecule has 0 spiro atoms. The van der Waals surface area contributed by atoms with Crippen LogP contribution in [0, 0.1) is 0 Å². The van der Waals surface area contributed by atoms with Crippen LogP contribution in [0.2, 0.25) is 0 Å². The van der Waals surface area contributed by atoms with E-state index in [-0.39, 0.29) is 11.3 Å². The zero-order chi connectivity index (χ0) is 30.0. The third-order valence-corrected chi connectivity index (χ3v) is 6.62. The zero-order valence-electron chi connectivity index (χ0n) is 21.2. The molecule has 2 fully saturated rings. The molecule has 9 atom stereocenters. The standard InChI is InChI=1S/C26H30O15/c27-8-17-24(41-25-22(36)19(33)15(31)9-38-25)21(35)23(37)26(40-17)39-16-6-3-11(18(32)20(16)34)12(28)4-1-10-2-5-13(29)14(30)7-10/h1-7,15,17,19,21-27,29-37H,8-9H2. The van der Waals surface area contributed by atoms with Crippen molar-refractivity contribution in [3.8, 4) is 28.7 Å². The van der Waals surface area contributed by atoms with E-state index < -0.39 is 97.3 Å². The number of phenols is 4. The molecule has 2 aromatic carbocycles. The zero-order valence-corrected chi connectivity index (χ0v) is 21.2. The molecule has 15 heteroatoms. The first kappa shape index (κ1) is 30.4. The molecule has 10 N–H and O–H groups in total. The molecule has 41 heavy (non-hydrogen) atoms. The van der Waals surface area contributed by atoms with Crippen LogP contribution in [0.15, 0.2) is 36.4 Å². The van der Waals surface area contributed by atoms with Gasteiger partial charge in [0.1, 0.15) is 42.7 Å². The van der Waals surface area contributed by atoms with E-state index in [1.54, 1.807) is 0 Å². The maximum Gasteiger partial charge on any atom is 0.229 e. The minimum atomic E-state index is -1.87. The first-order valence-electron chi connectivity index (χ1n) is 12.3. The van der Waals surface area contributed by atoms with Crippen molar-refractivity contribution in [2.45, 2.75) is 55.3 Å². The summed E-state index contributed by atoms with van der Waals surface area (Å²) in [5, 5.41) is 100. The smallest absolute Gasteiger partial charge is 0.229 e. The van der Waals surface area contributed by atoms with Crippen LogP contribution in [0.4, 0.5) is 0 Å². The number of benzene rings is 2. The largest absolute Gasteiger partial charge is 0.504 e. The number of carbonyl (C=O) groups is 1. The van der Waals surface area contributed by atoms with E-state index in [0.717, 1.165) is 18.2 Å². The summed E-state index contributed by atoms with van der Waals surface area (Å²) in [5.41, 5.74) is 0.0256. The van der Waals surface area contributed by atoms with Crippen molar-refractivity contribution in [3.63, 3.8) is 0 Å². The van der Waals surface area contributed by atoms with Crippen molar-refractivity contribution in [3.05, 3.63) is 47.5 Å². The van der Waals surface area contributed by atoms with E-state index in [1.165, 1.54) is 24.3 Å². The number of aliphatic hydroxyl groups is 6. The lowest BCUT2D eigenvalue weighted by Gasteiger charge is -2.44. The van der Waals surface area contributed by atoms with Gasteiger partial charge >= 0.3 is 0 Å². The summed E-state index contributed by atoms with van der Waals surface area (Å²) in [7, 11) is 0. The summed E-state index contributed by atoms with van der Waals surface area (Å²) < 4.78 is 21.5. The molecule has 2 heterocycles. The Morgan fingerprint density at radius 2 is 1.59 bits per heavy atom. The minimum Gasteiger partial charge on any atom is -0.504 e. The van der Waals surface area contributed by atoms with E-state index in [9.17, 15) is 55.9 Å². The molecule has 15 nitrogen and oxygen atoms in total. The van der Waals surface area contributed by atoms with Crippen molar-refractivity contribution in [1.82, 2.24) is 0 Å². The van der Waals surface area contributed by atoms with Crippen LogP contribution in [0.1, 0.15) is 15.9 Å². The Balaban J connectivity index is 1.45. The predicted octanol–water partition coefficient (Wildman–Crippen LogP) is -1.95. The maximum absolute atomic E-state index is 12.6. The maximum atomic E-state index is 12.6. The van der Waals surface area contributed by atoms with E-state index in [4.69, 9.17) is 18.9 Å². The third kappa shape index (κ3) is 6.38. The topological polar surface area (TPSA) is 256 Å². The summed E-state index contributed by atoms with van der Waals surface area (Å²) in [4.78, 5) is 12.6. The number of carbonyl (C=O) groups excluding carboxylic acids is 1. The van der Waals surface area contributed by atoms with E-state index in [0.29, 0.717) is 5.56 Å². The lowest BCUT2D eigenvalue weighted by Crippen LogP contribution is -2.63. The van der Waals surface area contributed by atoms with Gasteiger partial charge in [0.2, 0.25) is 12.0 Å². The van der Waals surface area contributed by atoms with Crippen molar-refractivity contribution < 1.29 is 74.8 Å². The van der Waals surface area contributed by atoms with Gasteiger partial charge in [0.05, 0.1) is 18.8 Å². The monoisotopic (exact) mass is 582 g/mol. The first-order valence-corrected chi connectivity index (χ1v) is 12.3. The van der Waals surface area contributed by atoms with Gasteiger partial charge in [0, 0.05) is 0 Å². The summed E-state index contributed by atoms with van der Waals surface area (Å²) in [6, 6.07) is 6.02. The van der Waals surface area contributed by atoms with Gasteiger partial charge in [0.15, 0.2) is 35.1 Å². The number of aromatic hydroxyl groups is 4. The van der Waals surface area contributed by atoms with Crippen molar-refractivity contribution in [1.29, 1.82) is 0 Å². The molecule has 0 saturated carbocycles. The van der Waals surface area contributed by atoms with Crippen molar-refractivity contribution in [2.24, 2.45) is 0 Å². The Labute approximate surface area is 231 Å². The number of ketones is 1. The minimum absolute atomic E-state index is 0.334. The van der Waals surface area contributed by atoms with Crippen LogP contribution in [-0.4, -0.2) is 125 Å². The van der Waals surface area contributed by atoms with Gasteiger partial charge in [-0.15, -0.1) is 0 Å². The summed E-state index contributed by atoms with van der Waals surface area (Å²) in [6.07, 6.45) is -12.2. The second-order valence-electron chi connectivity index (χ2n) is 9.43. The molecule has 2 aromatic rings. The van der Waals surface area contributed by atoms with Crippen LogP contribution in [-0.2, 0) is 14.2 Å².